The Morgan fingerprint density at radius 3 is 2.51 bits per heavy atom. The fraction of sp³-hybridized carbons (Fsp3) is 0.172. The topological polar surface area (TPSA) is 109 Å². The summed E-state index contributed by atoms with van der Waals surface area (Å²) in [6.45, 7) is 1.65. The van der Waals surface area contributed by atoms with E-state index in [-0.39, 0.29) is 23.1 Å². The number of halogens is 2. The van der Waals surface area contributed by atoms with Crippen LogP contribution in [0.25, 0.3) is 0 Å². The molecule has 3 unspecified atom stereocenters. The molecule has 3 heterocycles. The summed E-state index contributed by atoms with van der Waals surface area (Å²) in [7, 11) is 0. The molecule has 1 saturated heterocycles. The van der Waals surface area contributed by atoms with Crippen LogP contribution in [-0.2, 0) is 14.4 Å². The van der Waals surface area contributed by atoms with Crippen LogP contribution < -0.4 is 19.8 Å². The summed E-state index contributed by atoms with van der Waals surface area (Å²) < 4.78 is 20.3. The summed E-state index contributed by atoms with van der Waals surface area (Å²) in [4.78, 5) is 56.8. The number of ether oxygens (including phenoxy) is 1. The minimum Gasteiger partial charge on any atom is -0.483 e. The largest absolute Gasteiger partial charge is 0.483 e. The lowest BCUT2D eigenvalue weighted by Crippen LogP contribution is -2.32. The average Bonchev–Trinajstić information content (AvgIpc) is 3.44. The third-order valence-electron chi connectivity index (χ3n) is 6.91. The first kappa shape index (κ1) is 27.4. The molecule has 1 aromatic heterocycles. The highest BCUT2D eigenvalue weighted by Crippen LogP contribution is 2.54. The van der Waals surface area contributed by atoms with E-state index >= 15 is 0 Å². The molecule has 208 valence electrons. The number of aryl methyl sites for hydroxylation is 1. The van der Waals surface area contributed by atoms with E-state index in [0.29, 0.717) is 31.4 Å². The van der Waals surface area contributed by atoms with Gasteiger partial charge in [-0.05, 0) is 61.5 Å². The van der Waals surface area contributed by atoms with Gasteiger partial charge in [-0.15, -0.1) is 0 Å². The van der Waals surface area contributed by atoms with Gasteiger partial charge in [0.25, 0.3) is 5.91 Å². The number of benzene rings is 3. The highest BCUT2D eigenvalue weighted by molar-refractivity contribution is 9.10. The first-order valence-electron chi connectivity index (χ1n) is 12.5. The number of imide groups is 1. The molecule has 0 aliphatic carbocycles. The van der Waals surface area contributed by atoms with Crippen molar-refractivity contribution in [3.05, 3.63) is 103 Å². The van der Waals surface area contributed by atoms with Crippen LogP contribution in [-0.4, -0.2) is 34.6 Å². The summed E-state index contributed by atoms with van der Waals surface area (Å²) in [5.74, 6) is -3.01. The Morgan fingerprint density at radius 2 is 1.78 bits per heavy atom. The van der Waals surface area contributed by atoms with Gasteiger partial charge in [-0.25, -0.2) is 9.29 Å². The second kappa shape index (κ2) is 10.9. The maximum absolute atomic E-state index is 13.9. The lowest BCUT2D eigenvalue weighted by atomic mass is 9.82. The number of nitrogens with zero attached hydrogens (tertiary/aromatic N) is 1. The fourth-order valence-electron chi connectivity index (χ4n) is 5.07. The van der Waals surface area contributed by atoms with Crippen molar-refractivity contribution in [2.24, 2.45) is 5.92 Å². The van der Waals surface area contributed by atoms with Gasteiger partial charge in [0.15, 0.2) is 6.61 Å². The van der Waals surface area contributed by atoms with Crippen molar-refractivity contribution in [1.29, 1.82) is 0 Å². The zero-order chi connectivity index (χ0) is 28.8. The number of nitrogens with one attached hydrogen (secondary N) is 2. The lowest BCUT2D eigenvalue weighted by molar-refractivity contribution is -0.122. The third-order valence-corrected chi connectivity index (χ3v) is 9.80. The number of thioether (sulfide) groups is 1. The van der Waals surface area contributed by atoms with Gasteiger partial charge < -0.3 is 15.0 Å². The first-order chi connectivity index (χ1) is 19.7. The van der Waals surface area contributed by atoms with Gasteiger partial charge in [0.05, 0.1) is 16.6 Å². The van der Waals surface area contributed by atoms with Crippen LogP contribution >= 0.6 is 39.0 Å². The second-order valence-corrected chi connectivity index (χ2v) is 12.7. The molecule has 3 aromatic carbocycles. The van der Waals surface area contributed by atoms with Crippen molar-refractivity contribution in [1.82, 2.24) is 4.98 Å². The van der Waals surface area contributed by atoms with Crippen LogP contribution in [0.4, 0.5) is 15.8 Å². The van der Waals surface area contributed by atoms with E-state index in [2.05, 4.69) is 26.2 Å². The number of hydrogen-bond acceptors (Lipinski definition) is 7. The lowest BCUT2D eigenvalue weighted by Gasteiger charge is -2.31. The maximum atomic E-state index is 13.9. The SMILES string of the molecule is Cc1ccc(NC(=O)COc2ccc(Br)cc2C2c3sc(=O)[nH]c3SC3C(=O)N(c4ccc(F)cc4)C(=O)C32)cc1. The van der Waals surface area contributed by atoms with E-state index in [4.69, 9.17) is 4.74 Å². The van der Waals surface area contributed by atoms with Gasteiger partial charge in [-0.1, -0.05) is 56.7 Å². The van der Waals surface area contributed by atoms with Crippen LogP contribution in [0.1, 0.15) is 21.9 Å². The Bertz CT molecular complexity index is 1740. The predicted octanol–water partition coefficient (Wildman–Crippen LogP) is 5.46. The standard InChI is InChI=1S/C29H21BrFN3O5S2/c1-14-2-7-17(8-3-14)32-21(35)13-39-20-11-4-15(30)12-19(20)22-23-25(40-26-24(22)41-29(38)33-26)28(37)34(27(23)36)18-9-5-16(31)6-10-18/h2-12,22-23,25H,13H2,1H3,(H,32,35)(H,33,38). The Labute approximate surface area is 250 Å². The molecule has 8 nitrogen and oxygen atoms in total. The summed E-state index contributed by atoms with van der Waals surface area (Å²) >= 11 is 5.60. The molecule has 0 bridgehead atoms. The highest BCUT2D eigenvalue weighted by Gasteiger charge is 2.56. The highest BCUT2D eigenvalue weighted by atomic mass is 79.9. The molecular formula is C29H21BrFN3O5S2. The van der Waals surface area contributed by atoms with Crippen molar-refractivity contribution >= 4 is 68.1 Å². The third kappa shape index (κ3) is 5.22. The van der Waals surface area contributed by atoms with Gasteiger partial charge in [-0.2, -0.15) is 0 Å². The molecule has 0 radical (unpaired) electrons. The van der Waals surface area contributed by atoms with Crippen molar-refractivity contribution < 1.29 is 23.5 Å². The normalized spacial score (nSPS) is 19.6. The quantitative estimate of drug-likeness (QED) is 0.268. The number of fused-ring (bicyclic) bond motifs is 2. The summed E-state index contributed by atoms with van der Waals surface area (Å²) in [6, 6.07) is 17.7. The minimum absolute atomic E-state index is 0.269. The number of rotatable bonds is 6. The Morgan fingerprint density at radius 1 is 1.05 bits per heavy atom. The molecule has 41 heavy (non-hydrogen) atoms. The van der Waals surface area contributed by atoms with E-state index < -0.39 is 34.7 Å². The molecule has 2 N–H and O–H groups in total. The van der Waals surface area contributed by atoms with E-state index in [1.807, 2.05) is 19.1 Å². The number of aromatic amines is 1. The predicted molar refractivity (Wildman–Crippen MR) is 158 cm³/mol. The van der Waals surface area contributed by atoms with Crippen molar-refractivity contribution in [3.8, 4) is 5.75 Å². The molecule has 1 fully saturated rings. The molecule has 2 aliphatic heterocycles. The van der Waals surface area contributed by atoms with Gasteiger partial charge in [0.2, 0.25) is 11.8 Å². The molecule has 3 amide bonds. The maximum Gasteiger partial charge on any atom is 0.305 e. The van der Waals surface area contributed by atoms with E-state index in [1.165, 1.54) is 24.3 Å². The first-order valence-corrected chi connectivity index (χ1v) is 15.0. The number of H-pyrrole nitrogens is 1. The number of hydrogen-bond donors (Lipinski definition) is 2. The van der Waals surface area contributed by atoms with Gasteiger partial charge in [0.1, 0.15) is 16.8 Å². The molecule has 0 spiro atoms. The van der Waals surface area contributed by atoms with Crippen LogP contribution in [0.15, 0.2) is 81.0 Å². The van der Waals surface area contributed by atoms with Crippen molar-refractivity contribution in [2.45, 2.75) is 23.1 Å². The molecule has 2 aliphatic rings. The number of aromatic nitrogens is 1. The summed E-state index contributed by atoms with van der Waals surface area (Å²) in [6.07, 6.45) is 0. The number of anilines is 2. The molecule has 0 saturated carbocycles. The van der Waals surface area contributed by atoms with Crippen LogP contribution in [0, 0.1) is 18.7 Å². The monoisotopic (exact) mass is 653 g/mol. The molecule has 3 atom stereocenters. The van der Waals surface area contributed by atoms with Crippen molar-refractivity contribution in [3.63, 3.8) is 0 Å². The Kier molecular flexibility index (Phi) is 7.30. The summed E-state index contributed by atoms with van der Waals surface area (Å²) in [5, 5.41) is 2.48. The van der Waals surface area contributed by atoms with Crippen LogP contribution in [0.5, 0.6) is 5.75 Å². The fourth-order valence-corrected chi connectivity index (χ4v) is 7.95. The van der Waals surface area contributed by atoms with Gasteiger partial charge in [-0.3, -0.25) is 19.2 Å². The summed E-state index contributed by atoms with van der Waals surface area (Å²) in [5.41, 5.74) is 2.51. The number of amides is 3. The molecule has 6 rings (SSSR count). The second-order valence-electron chi connectivity index (χ2n) is 9.62. The smallest absolute Gasteiger partial charge is 0.305 e. The van der Waals surface area contributed by atoms with Crippen molar-refractivity contribution in [2.75, 3.05) is 16.8 Å². The number of carbonyl (C=O) groups excluding carboxylic acids is 3. The van der Waals surface area contributed by atoms with E-state index in [9.17, 15) is 23.6 Å². The number of carbonyl (C=O) groups is 3. The van der Waals surface area contributed by atoms with Crippen LogP contribution in [0.2, 0.25) is 0 Å². The van der Waals surface area contributed by atoms with Gasteiger partial charge >= 0.3 is 4.87 Å². The Hall–Kier alpha value is -3.74. The zero-order valence-electron chi connectivity index (χ0n) is 21.4. The average molecular weight is 655 g/mol. The molecule has 4 aromatic rings. The molecule has 12 heteroatoms. The number of thiazole rings is 1. The van der Waals surface area contributed by atoms with E-state index in [0.717, 1.165) is 33.6 Å². The molecular weight excluding hydrogens is 633 g/mol. The zero-order valence-corrected chi connectivity index (χ0v) is 24.6. The van der Waals surface area contributed by atoms with Gasteiger partial charge in [0, 0.05) is 26.5 Å². The minimum atomic E-state index is -0.866. The Balaban J connectivity index is 1.36. The van der Waals surface area contributed by atoms with E-state index in [1.54, 1.807) is 30.3 Å². The van der Waals surface area contributed by atoms with Crippen LogP contribution in [0.3, 0.4) is 0 Å².